The number of ketones is 1. The topological polar surface area (TPSA) is 87.6 Å². The fourth-order valence-corrected chi connectivity index (χ4v) is 2.70. The Balaban J connectivity index is 2.24. The van der Waals surface area contributed by atoms with Gasteiger partial charge in [0.1, 0.15) is 24.0 Å². The molecule has 22 heavy (non-hydrogen) atoms. The summed E-state index contributed by atoms with van der Waals surface area (Å²) >= 11 is 0. The minimum absolute atomic E-state index is 0.173. The maximum Gasteiger partial charge on any atom is 0.329 e. The van der Waals surface area contributed by atoms with Crippen molar-refractivity contribution < 1.29 is 9.53 Å². The van der Waals surface area contributed by atoms with Crippen molar-refractivity contribution >= 4 is 17.3 Å². The van der Waals surface area contributed by atoms with Gasteiger partial charge in [0.2, 0.25) is 0 Å². The number of aromatic nitrogens is 2. The molecule has 2 rings (SSSR count). The predicted octanol–water partition coefficient (Wildman–Crippen LogP) is 0.0207. The first kappa shape index (κ1) is 16.3. The molecule has 8 nitrogen and oxygen atoms in total. The molecular formula is C14H22N4O4. The van der Waals surface area contributed by atoms with Crippen LogP contribution in [0.2, 0.25) is 0 Å². The van der Waals surface area contributed by atoms with E-state index in [0.717, 1.165) is 12.8 Å². The Morgan fingerprint density at radius 3 is 2.64 bits per heavy atom. The summed E-state index contributed by atoms with van der Waals surface area (Å²) in [6.07, 6.45) is 2.17. The molecule has 0 amide bonds. The Morgan fingerprint density at radius 2 is 2.00 bits per heavy atom. The summed E-state index contributed by atoms with van der Waals surface area (Å²) in [5.41, 5.74) is -0.381. The molecule has 122 valence electrons. The molecular weight excluding hydrogens is 288 g/mol. The fourth-order valence-electron chi connectivity index (χ4n) is 2.70. The first-order valence-electron chi connectivity index (χ1n) is 7.27. The molecule has 0 fully saturated rings. The van der Waals surface area contributed by atoms with Crippen LogP contribution in [0.25, 0.3) is 0 Å². The van der Waals surface area contributed by atoms with Crippen LogP contribution in [-0.2, 0) is 16.6 Å². The Labute approximate surface area is 128 Å². The molecule has 2 heterocycles. The molecule has 1 N–H and O–H groups in total. The zero-order valence-corrected chi connectivity index (χ0v) is 13.2. The number of hydrogen-bond donors (Lipinski definition) is 1. The van der Waals surface area contributed by atoms with E-state index >= 15 is 0 Å². The third-order valence-corrected chi connectivity index (χ3v) is 3.72. The van der Waals surface area contributed by atoms with Crippen molar-refractivity contribution in [2.75, 3.05) is 36.9 Å². The number of nitrogens with one attached hydrogen (secondary N) is 1. The number of rotatable bonds is 7. The predicted molar refractivity (Wildman–Crippen MR) is 83.4 cm³/mol. The van der Waals surface area contributed by atoms with Gasteiger partial charge in [0, 0.05) is 27.1 Å². The van der Waals surface area contributed by atoms with Crippen LogP contribution in [0.3, 0.4) is 0 Å². The summed E-state index contributed by atoms with van der Waals surface area (Å²) in [5.74, 6) is 0.778. The van der Waals surface area contributed by atoms with Gasteiger partial charge in [0.15, 0.2) is 0 Å². The van der Waals surface area contributed by atoms with Gasteiger partial charge in [0.05, 0.1) is 6.67 Å². The molecule has 0 spiro atoms. The van der Waals surface area contributed by atoms with E-state index in [-0.39, 0.29) is 12.5 Å². The smallest absolute Gasteiger partial charge is 0.329 e. The van der Waals surface area contributed by atoms with Gasteiger partial charge in [-0.25, -0.2) is 4.79 Å². The highest BCUT2D eigenvalue weighted by Crippen LogP contribution is 2.30. The fraction of sp³-hybridized carbons (Fsp3) is 0.643. The lowest BCUT2D eigenvalue weighted by Gasteiger charge is -2.21. The number of carbonyl (C=O) groups is 1. The largest absolute Gasteiger partial charge is 0.364 e. The molecule has 1 aliphatic rings. The number of fused-ring (bicyclic) bond motifs is 1. The molecule has 8 heteroatoms. The number of hydrogen-bond acceptors (Lipinski definition) is 6. The van der Waals surface area contributed by atoms with Gasteiger partial charge in [-0.05, 0) is 19.8 Å². The second-order valence-corrected chi connectivity index (χ2v) is 5.51. The van der Waals surface area contributed by atoms with E-state index < -0.39 is 11.2 Å². The van der Waals surface area contributed by atoms with Crippen LogP contribution in [0, 0.1) is 0 Å². The van der Waals surface area contributed by atoms with Gasteiger partial charge in [-0.2, -0.15) is 0 Å². The monoisotopic (exact) mass is 310 g/mol. The molecule has 1 aromatic rings. The van der Waals surface area contributed by atoms with Crippen molar-refractivity contribution in [1.82, 2.24) is 9.55 Å². The summed E-state index contributed by atoms with van der Waals surface area (Å²) < 4.78 is 6.57. The van der Waals surface area contributed by atoms with Crippen molar-refractivity contribution in [3.05, 3.63) is 20.8 Å². The van der Waals surface area contributed by atoms with E-state index in [9.17, 15) is 14.4 Å². The number of anilines is 2. The lowest BCUT2D eigenvalue weighted by Crippen LogP contribution is -2.34. The Kier molecular flexibility index (Phi) is 5.02. The van der Waals surface area contributed by atoms with Crippen LogP contribution in [0.1, 0.15) is 26.2 Å². The normalized spacial score (nSPS) is 13.6. The number of ether oxygens (including phenoxy) is 1. The molecule has 1 aromatic heterocycles. The summed E-state index contributed by atoms with van der Waals surface area (Å²) in [4.78, 5) is 41.0. The third-order valence-electron chi connectivity index (χ3n) is 3.72. The minimum Gasteiger partial charge on any atom is -0.364 e. The van der Waals surface area contributed by atoms with E-state index in [1.165, 1.54) is 4.57 Å². The summed E-state index contributed by atoms with van der Waals surface area (Å²) in [5, 5.41) is 0. The van der Waals surface area contributed by atoms with Gasteiger partial charge >= 0.3 is 5.69 Å². The molecule has 0 saturated carbocycles. The SMILES string of the molecule is COCN1CN(CCCCC(C)=O)c2c1c(=O)[nH]c(=O)n2C. The first-order chi connectivity index (χ1) is 10.5. The van der Waals surface area contributed by atoms with Crippen LogP contribution < -0.4 is 21.0 Å². The molecule has 0 atom stereocenters. The van der Waals surface area contributed by atoms with Gasteiger partial charge in [0.25, 0.3) is 5.56 Å². The number of H-pyrrole nitrogens is 1. The van der Waals surface area contributed by atoms with Crippen molar-refractivity contribution in [1.29, 1.82) is 0 Å². The van der Waals surface area contributed by atoms with Crippen molar-refractivity contribution in [2.24, 2.45) is 7.05 Å². The number of carbonyl (C=O) groups excluding carboxylic acids is 1. The van der Waals surface area contributed by atoms with Crippen LogP contribution in [0.15, 0.2) is 9.59 Å². The Bertz CT molecular complexity index is 664. The van der Waals surface area contributed by atoms with Crippen molar-refractivity contribution in [2.45, 2.75) is 26.2 Å². The summed E-state index contributed by atoms with van der Waals surface area (Å²) in [6, 6.07) is 0. The van der Waals surface area contributed by atoms with Crippen molar-refractivity contribution in [3.8, 4) is 0 Å². The number of aromatic amines is 1. The molecule has 0 radical (unpaired) electrons. The quantitative estimate of drug-likeness (QED) is 0.714. The van der Waals surface area contributed by atoms with Crippen LogP contribution >= 0.6 is 0 Å². The molecule has 1 aliphatic heterocycles. The van der Waals surface area contributed by atoms with Gasteiger partial charge in [-0.1, -0.05) is 0 Å². The van der Waals surface area contributed by atoms with Crippen molar-refractivity contribution in [3.63, 3.8) is 0 Å². The van der Waals surface area contributed by atoms with Crippen LogP contribution in [0.5, 0.6) is 0 Å². The van der Waals surface area contributed by atoms with Gasteiger partial charge < -0.3 is 19.3 Å². The molecule has 0 unspecified atom stereocenters. The highest BCUT2D eigenvalue weighted by atomic mass is 16.5. The zero-order valence-electron chi connectivity index (χ0n) is 13.2. The molecule has 0 aromatic carbocycles. The maximum absolute atomic E-state index is 12.1. The van der Waals surface area contributed by atoms with Crippen LogP contribution in [-0.4, -0.2) is 42.4 Å². The van der Waals surface area contributed by atoms with E-state index in [4.69, 9.17) is 4.74 Å². The average Bonchev–Trinajstić information content (AvgIpc) is 2.80. The summed E-state index contributed by atoms with van der Waals surface area (Å²) in [6.45, 7) is 3.02. The lowest BCUT2D eigenvalue weighted by atomic mass is 10.2. The lowest BCUT2D eigenvalue weighted by molar-refractivity contribution is -0.117. The average molecular weight is 310 g/mol. The number of nitrogens with zero attached hydrogens (tertiary/aromatic N) is 3. The van der Waals surface area contributed by atoms with E-state index in [1.807, 2.05) is 4.90 Å². The number of methoxy groups -OCH3 is 1. The third kappa shape index (κ3) is 3.22. The van der Waals surface area contributed by atoms with Crippen LogP contribution in [0.4, 0.5) is 11.5 Å². The molecule has 0 aliphatic carbocycles. The van der Waals surface area contributed by atoms with Gasteiger partial charge in [-0.3, -0.25) is 14.3 Å². The second-order valence-electron chi connectivity index (χ2n) is 5.51. The van der Waals surface area contributed by atoms with Gasteiger partial charge in [-0.15, -0.1) is 0 Å². The van der Waals surface area contributed by atoms with E-state index in [2.05, 4.69) is 4.98 Å². The standard InChI is InChI=1S/C14H22N4O4/c1-10(19)6-4-5-7-17-8-18(9-22-3)11-12(20)15-14(21)16(2)13(11)17/h4-9H2,1-3H3,(H,15,20,21). The first-order valence-corrected chi connectivity index (χ1v) is 7.27. The highest BCUT2D eigenvalue weighted by Gasteiger charge is 2.31. The van der Waals surface area contributed by atoms with E-state index in [0.29, 0.717) is 31.1 Å². The second kappa shape index (κ2) is 6.78. The molecule has 0 saturated heterocycles. The molecule has 0 bridgehead atoms. The summed E-state index contributed by atoms with van der Waals surface area (Å²) in [7, 11) is 3.20. The van der Waals surface area contributed by atoms with E-state index in [1.54, 1.807) is 26.0 Å². The Hall–Kier alpha value is -2.09. The Morgan fingerprint density at radius 1 is 1.27 bits per heavy atom. The highest BCUT2D eigenvalue weighted by molar-refractivity contribution is 5.75. The minimum atomic E-state index is -0.434. The number of Topliss-reactive ketones (excluding diaryl/α,β-unsaturated/α-hetero) is 1. The zero-order chi connectivity index (χ0) is 16.3. The maximum atomic E-state index is 12.1. The number of unbranched alkanes of at least 4 members (excludes halogenated alkanes) is 1.